The molecule has 10 N–H and O–H groups in total. The summed E-state index contributed by atoms with van der Waals surface area (Å²) in [5.74, 6) is -3.86. The molecule has 0 aromatic heterocycles. The van der Waals surface area contributed by atoms with E-state index < -0.39 is 127 Å². The van der Waals surface area contributed by atoms with Crippen LogP contribution >= 0.6 is 0 Å². The lowest BCUT2D eigenvalue weighted by molar-refractivity contribution is -0.117. The predicted octanol–water partition coefficient (Wildman–Crippen LogP) is -2.10. The average molecular weight is 1040 g/mol. The minimum atomic E-state index is -1.47. The summed E-state index contributed by atoms with van der Waals surface area (Å²) >= 11 is 0. The van der Waals surface area contributed by atoms with Crippen LogP contribution in [0.2, 0.25) is 0 Å². The standard InChI is InChI=1S/C50H80N6O17/c1-9-39-43(49(71)53(15-23-61)16-24-62)31(3)41(47(69)51(11-19-57)12-20-58)33(5)45(39)55(35(7)65)27-37(67)29-73-30-38(68)28-56(36(8)66)46-34(6)42(48(70)52(13-21-59)14-22-60)32(4)44(40(46)10-2)50(72)54(17-25-63)18-26-64/h37-38,57-64,67-68H,9-30H2,1-8H3. The molecule has 2 aromatic carbocycles. The second kappa shape index (κ2) is 31.5. The number of rotatable bonds is 32. The van der Waals surface area contributed by atoms with Crippen LogP contribution in [0.1, 0.15) is 103 Å². The number of carbonyl (C=O) groups is 6. The van der Waals surface area contributed by atoms with Crippen molar-refractivity contribution in [2.24, 2.45) is 0 Å². The zero-order valence-electron chi connectivity index (χ0n) is 43.7. The summed E-state index contributed by atoms with van der Waals surface area (Å²) in [4.78, 5) is 91.6. The van der Waals surface area contributed by atoms with Crippen molar-refractivity contribution < 1.29 is 84.6 Å². The quantitative estimate of drug-likeness (QED) is 0.0375. The van der Waals surface area contributed by atoms with Gasteiger partial charge in [0.2, 0.25) is 11.8 Å². The van der Waals surface area contributed by atoms with Crippen molar-refractivity contribution in [3.8, 4) is 0 Å². The molecule has 6 amide bonds. The number of benzene rings is 2. The third-order valence-corrected chi connectivity index (χ3v) is 12.5. The summed E-state index contributed by atoms with van der Waals surface area (Å²) < 4.78 is 5.78. The van der Waals surface area contributed by atoms with Crippen LogP contribution in [0.5, 0.6) is 0 Å². The zero-order chi connectivity index (χ0) is 55.3. The Labute approximate surface area is 427 Å². The molecule has 23 nitrogen and oxygen atoms in total. The average Bonchev–Trinajstić information content (AvgIpc) is 3.34. The molecule has 0 fully saturated rings. The van der Waals surface area contributed by atoms with E-state index in [4.69, 9.17) is 4.74 Å². The number of amides is 6. The largest absolute Gasteiger partial charge is 0.395 e. The number of carbonyl (C=O) groups excluding carboxylic acids is 6. The van der Waals surface area contributed by atoms with Gasteiger partial charge in [-0.25, -0.2) is 0 Å². The number of hydrogen-bond donors (Lipinski definition) is 10. The van der Waals surface area contributed by atoms with Gasteiger partial charge < -0.3 is 85.2 Å². The first kappa shape index (κ1) is 63.9. The number of aliphatic hydroxyl groups excluding tert-OH is 10. The lowest BCUT2D eigenvalue weighted by Gasteiger charge is -2.34. The molecule has 0 bridgehead atoms. The first-order valence-corrected chi connectivity index (χ1v) is 24.6. The van der Waals surface area contributed by atoms with E-state index in [1.165, 1.54) is 43.2 Å². The molecule has 412 valence electrons. The molecule has 0 aliphatic carbocycles. The van der Waals surface area contributed by atoms with Crippen LogP contribution in [0.4, 0.5) is 11.4 Å². The van der Waals surface area contributed by atoms with Gasteiger partial charge in [0.15, 0.2) is 0 Å². The van der Waals surface area contributed by atoms with Crippen molar-refractivity contribution in [2.45, 2.75) is 80.4 Å². The first-order chi connectivity index (χ1) is 34.7. The fraction of sp³-hybridized carbons (Fsp3) is 0.640. The predicted molar refractivity (Wildman–Crippen MR) is 270 cm³/mol. The van der Waals surface area contributed by atoms with Crippen LogP contribution in [0.25, 0.3) is 0 Å². The summed E-state index contributed by atoms with van der Waals surface area (Å²) in [7, 11) is 0. The molecule has 2 aromatic rings. The first-order valence-electron chi connectivity index (χ1n) is 24.6. The highest BCUT2D eigenvalue weighted by Gasteiger charge is 2.36. The van der Waals surface area contributed by atoms with Gasteiger partial charge in [0.25, 0.3) is 23.6 Å². The molecular formula is C50H80N6O17. The minimum Gasteiger partial charge on any atom is -0.395 e. The summed E-state index contributed by atoms with van der Waals surface area (Å²) in [6, 6.07) is 0. The van der Waals surface area contributed by atoms with Gasteiger partial charge in [0, 0.05) is 88.5 Å². The lowest BCUT2D eigenvalue weighted by Crippen LogP contribution is -2.43. The summed E-state index contributed by atoms with van der Waals surface area (Å²) in [6.07, 6.45) is -2.69. The summed E-state index contributed by atoms with van der Waals surface area (Å²) in [5, 5.41) is 101. The third-order valence-electron chi connectivity index (χ3n) is 12.5. The van der Waals surface area contributed by atoms with Gasteiger partial charge in [-0.3, -0.25) is 28.8 Å². The topological polar surface area (TPSA) is 333 Å². The van der Waals surface area contributed by atoms with Gasteiger partial charge in [-0.15, -0.1) is 0 Å². The molecule has 0 radical (unpaired) electrons. The Kier molecular flexibility index (Phi) is 27.6. The van der Waals surface area contributed by atoms with E-state index in [0.717, 1.165) is 0 Å². The molecule has 0 aliphatic heterocycles. The second-order valence-corrected chi connectivity index (χ2v) is 17.4. The highest BCUT2D eigenvalue weighted by Crippen LogP contribution is 2.39. The Morgan fingerprint density at radius 3 is 0.849 bits per heavy atom. The molecule has 2 unspecified atom stereocenters. The van der Waals surface area contributed by atoms with E-state index in [1.54, 1.807) is 41.5 Å². The van der Waals surface area contributed by atoms with E-state index in [-0.39, 0.29) is 121 Å². The van der Waals surface area contributed by atoms with E-state index in [1.807, 2.05) is 0 Å². The van der Waals surface area contributed by atoms with Crippen molar-refractivity contribution in [3.05, 3.63) is 55.6 Å². The molecule has 2 atom stereocenters. The summed E-state index contributed by atoms with van der Waals surface area (Å²) in [5.41, 5.74) is 1.78. The number of aliphatic hydroxyl groups is 10. The van der Waals surface area contributed by atoms with Crippen molar-refractivity contribution in [3.63, 3.8) is 0 Å². The van der Waals surface area contributed by atoms with Crippen LogP contribution in [0, 0.1) is 27.7 Å². The Balaban J connectivity index is 2.72. The van der Waals surface area contributed by atoms with E-state index in [9.17, 15) is 79.8 Å². The fourth-order valence-corrected chi connectivity index (χ4v) is 9.31. The van der Waals surface area contributed by atoms with Crippen molar-refractivity contribution in [1.82, 2.24) is 19.6 Å². The molecule has 0 aliphatic rings. The van der Waals surface area contributed by atoms with Gasteiger partial charge in [-0.1, -0.05) is 13.8 Å². The second-order valence-electron chi connectivity index (χ2n) is 17.4. The molecule has 0 spiro atoms. The smallest absolute Gasteiger partial charge is 0.254 e. The fourth-order valence-electron chi connectivity index (χ4n) is 9.31. The maximum absolute atomic E-state index is 14.3. The number of nitrogens with zero attached hydrogens (tertiary/aromatic N) is 6. The molecule has 0 heterocycles. The molecule has 73 heavy (non-hydrogen) atoms. The molecule has 2 rings (SSSR count). The number of anilines is 2. The highest BCUT2D eigenvalue weighted by molar-refractivity contribution is 6.09. The third kappa shape index (κ3) is 15.9. The van der Waals surface area contributed by atoms with Crippen LogP contribution in [-0.4, -0.2) is 250 Å². The van der Waals surface area contributed by atoms with Gasteiger partial charge in [-0.2, -0.15) is 0 Å². The van der Waals surface area contributed by atoms with E-state index >= 15 is 0 Å². The van der Waals surface area contributed by atoms with Crippen LogP contribution < -0.4 is 9.80 Å². The molecule has 0 saturated carbocycles. The number of hydrogen-bond acceptors (Lipinski definition) is 17. The zero-order valence-corrected chi connectivity index (χ0v) is 43.7. The van der Waals surface area contributed by atoms with Gasteiger partial charge >= 0.3 is 0 Å². The minimum absolute atomic E-state index is 0.0103. The SMILES string of the molecule is CCc1c(C(=O)N(CCO)CCO)c(C)c(C(=O)N(CCO)CCO)c(C)c1N(CC(O)COCC(O)CN(C(C)=O)c1c(C)c(C(=O)N(CCO)CCO)c(C)c(C(=O)N(CCO)CCO)c1CC)C(C)=O. The maximum Gasteiger partial charge on any atom is 0.254 e. The highest BCUT2D eigenvalue weighted by atomic mass is 16.5. The number of ether oxygens (including phenoxy) is 1. The van der Waals surface area contributed by atoms with Crippen molar-refractivity contribution >= 4 is 46.8 Å². The lowest BCUT2D eigenvalue weighted by atomic mass is 9.87. The molecule has 0 saturated heterocycles. The van der Waals surface area contributed by atoms with E-state index in [2.05, 4.69) is 0 Å². The van der Waals surface area contributed by atoms with Crippen molar-refractivity contribution in [1.29, 1.82) is 0 Å². The van der Waals surface area contributed by atoms with Gasteiger partial charge in [0.1, 0.15) is 0 Å². The molecule has 23 heteroatoms. The summed E-state index contributed by atoms with van der Waals surface area (Å²) in [6.45, 7) is 5.18. The normalized spacial score (nSPS) is 12.1. The van der Waals surface area contributed by atoms with Gasteiger partial charge in [-0.05, 0) is 73.9 Å². The molecular weight excluding hydrogens is 957 g/mol. The maximum atomic E-state index is 14.3. The van der Waals surface area contributed by atoms with Crippen LogP contribution in [-0.2, 0) is 27.2 Å². The van der Waals surface area contributed by atoms with E-state index in [0.29, 0.717) is 11.1 Å². The van der Waals surface area contributed by atoms with Crippen LogP contribution in [0.3, 0.4) is 0 Å². The Hall–Kier alpha value is -5.18. The Bertz CT molecular complexity index is 2020. The Morgan fingerprint density at radius 1 is 0.411 bits per heavy atom. The van der Waals surface area contributed by atoms with Gasteiger partial charge in [0.05, 0.1) is 103 Å². The van der Waals surface area contributed by atoms with Crippen LogP contribution in [0.15, 0.2) is 0 Å². The Morgan fingerprint density at radius 2 is 0.644 bits per heavy atom. The van der Waals surface area contributed by atoms with Crippen molar-refractivity contribution in [2.75, 3.05) is 141 Å². The monoisotopic (exact) mass is 1040 g/mol.